The van der Waals surface area contributed by atoms with Gasteiger partial charge in [-0.05, 0) is 6.07 Å². The first-order valence-corrected chi connectivity index (χ1v) is 5.58. The third-order valence-electron chi connectivity index (χ3n) is 2.60. The van der Waals surface area contributed by atoms with Crippen LogP contribution in [0.3, 0.4) is 0 Å². The van der Waals surface area contributed by atoms with Crippen molar-refractivity contribution in [2.45, 2.75) is 6.54 Å². The molecule has 0 aliphatic heterocycles. The van der Waals surface area contributed by atoms with Crippen molar-refractivity contribution < 1.29 is 14.3 Å². The average molecular weight is 261 g/mol. The molecule has 5 nitrogen and oxygen atoms in total. The third-order valence-corrected chi connectivity index (χ3v) is 2.60. The van der Waals surface area contributed by atoms with Gasteiger partial charge in [-0.2, -0.15) is 0 Å². The van der Waals surface area contributed by atoms with E-state index in [1.54, 1.807) is 30.1 Å². The molecule has 0 unspecified atom stereocenters. The summed E-state index contributed by atoms with van der Waals surface area (Å²) in [6, 6.07) is 6.40. The highest BCUT2D eigenvalue weighted by molar-refractivity contribution is 5.85. The standard InChI is InChI=1S/C13H12FN3O2/c1-17(8-9-4-2-3-5-10(9)14)12-7-15-6-11(16-12)13(18)19/h2-7H,8H2,1H3,(H,18,19). The molecule has 0 saturated heterocycles. The Labute approximate surface area is 109 Å². The number of aromatic carboxylic acids is 1. The van der Waals surface area contributed by atoms with Crippen LogP contribution in [0.2, 0.25) is 0 Å². The van der Waals surface area contributed by atoms with Crippen LogP contribution in [0.1, 0.15) is 16.1 Å². The lowest BCUT2D eigenvalue weighted by Gasteiger charge is -2.18. The number of hydrogen-bond acceptors (Lipinski definition) is 4. The SMILES string of the molecule is CN(Cc1ccccc1F)c1cncc(C(=O)O)n1. The monoisotopic (exact) mass is 261 g/mol. The number of hydrogen-bond donors (Lipinski definition) is 1. The van der Waals surface area contributed by atoms with E-state index in [0.29, 0.717) is 11.4 Å². The van der Waals surface area contributed by atoms with Crippen LogP contribution in [0.25, 0.3) is 0 Å². The van der Waals surface area contributed by atoms with Gasteiger partial charge in [-0.3, -0.25) is 4.98 Å². The summed E-state index contributed by atoms with van der Waals surface area (Å²) in [4.78, 5) is 20.2. The molecule has 1 heterocycles. The van der Waals surface area contributed by atoms with Gasteiger partial charge >= 0.3 is 5.97 Å². The molecule has 0 aliphatic carbocycles. The van der Waals surface area contributed by atoms with E-state index >= 15 is 0 Å². The van der Waals surface area contributed by atoms with Crippen molar-refractivity contribution in [2.24, 2.45) is 0 Å². The van der Waals surface area contributed by atoms with E-state index in [0.717, 1.165) is 0 Å². The molecule has 0 radical (unpaired) electrons. The molecule has 0 aliphatic rings. The first-order valence-electron chi connectivity index (χ1n) is 5.58. The van der Waals surface area contributed by atoms with Gasteiger partial charge in [0.1, 0.15) is 11.6 Å². The van der Waals surface area contributed by atoms with Gasteiger partial charge in [-0.15, -0.1) is 0 Å². The number of aromatic nitrogens is 2. The van der Waals surface area contributed by atoms with Crippen molar-refractivity contribution in [2.75, 3.05) is 11.9 Å². The predicted octanol–water partition coefficient (Wildman–Crippen LogP) is 1.95. The van der Waals surface area contributed by atoms with E-state index in [9.17, 15) is 9.18 Å². The quantitative estimate of drug-likeness (QED) is 0.911. The van der Waals surface area contributed by atoms with E-state index in [1.807, 2.05) is 0 Å². The largest absolute Gasteiger partial charge is 0.476 e. The highest BCUT2D eigenvalue weighted by Crippen LogP contribution is 2.14. The molecule has 0 amide bonds. The van der Waals surface area contributed by atoms with E-state index in [4.69, 9.17) is 5.11 Å². The molecule has 98 valence electrons. The summed E-state index contributed by atoms with van der Waals surface area (Å²) in [7, 11) is 1.70. The van der Waals surface area contributed by atoms with E-state index < -0.39 is 5.97 Å². The molecule has 1 aromatic carbocycles. The van der Waals surface area contributed by atoms with Gasteiger partial charge < -0.3 is 10.0 Å². The summed E-state index contributed by atoms with van der Waals surface area (Å²) >= 11 is 0. The van der Waals surface area contributed by atoms with Crippen LogP contribution >= 0.6 is 0 Å². The maximum absolute atomic E-state index is 13.5. The highest BCUT2D eigenvalue weighted by atomic mass is 19.1. The van der Waals surface area contributed by atoms with E-state index in [-0.39, 0.29) is 18.1 Å². The molecule has 0 saturated carbocycles. The number of carboxylic acids is 1. The molecule has 19 heavy (non-hydrogen) atoms. The lowest BCUT2D eigenvalue weighted by molar-refractivity contribution is 0.0690. The fraction of sp³-hybridized carbons (Fsp3) is 0.154. The van der Waals surface area contributed by atoms with Gasteiger partial charge in [0, 0.05) is 19.2 Å². The van der Waals surface area contributed by atoms with Crippen LogP contribution in [0, 0.1) is 5.82 Å². The minimum Gasteiger partial charge on any atom is -0.476 e. The Morgan fingerprint density at radius 3 is 2.79 bits per heavy atom. The van der Waals surface area contributed by atoms with Gasteiger partial charge in [-0.25, -0.2) is 14.2 Å². The number of carbonyl (C=O) groups is 1. The Morgan fingerprint density at radius 1 is 1.37 bits per heavy atom. The summed E-state index contributed by atoms with van der Waals surface area (Å²) in [6.07, 6.45) is 2.61. The van der Waals surface area contributed by atoms with E-state index in [1.165, 1.54) is 18.5 Å². The topological polar surface area (TPSA) is 66.3 Å². The Morgan fingerprint density at radius 2 is 2.11 bits per heavy atom. The molecule has 1 N–H and O–H groups in total. The molecule has 0 bridgehead atoms. The number of anilines is 1. The van der Waals surface area contributed by atoms with Gasteiger partial charge in [0.05, 0.1) is 12.4 Å². The van der Waals surface area contributed by atoms with E-state index in [2.05, 4.69) is 9.97 Å². The van der Waals surface area contributed by atoms with Crippen LogP contribution in [0.15, 0.2) is 36.7 Å². The lowest BCUT2D eigenvalue weighted by atomic mass is 10.2. The normalized spacial score (nSPS) is 10.2. The van der Waals surface area contributed by atoms with Crippen molar-refractivity contribution in [3.63, 3.8) is 0 Å². The van der Waals surface area contributed by atoms with Crippen molar-refractivity contribution >= 4 is 11.8 Å². The number of carboxylic acid groups (broad SMARTS) is 1. The van der Waals surface area contributed by atoms with Gasteiger partial charge in [0.15, 0.2) is 5.69 Å². The second-order valence-electron chi connectivity index (χ2n) is 4.02. The lowest BCUT2D eigenvalue weighted by Crippen LogP contribution is -2.19. The smallest absolute Gasteiger partial charge is 0.356 e. The first kappa shape index (κ1) is 12.9. The average Bonchev–Trinajstić information content (AvgIpc) is 2.41. The van der Waals surface area contributed by atoms with Crippen LogP contribution in [-0.4, -0.2) is 28.1 Å². The molecule has 0 fully saturated rings. The molecule has 0 atom stereocenters. The Balaban J connectivity index is 2.20. The summed E-state index contributed by atoms with van der Waals surface area (Å²) in [6.45, 7) is 0.282. The van der Waals surface area contributed by atoms with Gasteiger partial charge in [-0.1, -0.05) is 18.2 Å². The zero-order valence-electron chi connectivity index (χ0n) is 10.2. The van der Waals surface area contributed by atoms with Gasteiger partial charge in [0.2, 0.25) is 0 Å². The maximum Gasteiger partial charge on any atom is 0.356 e. The maximum atomic E-state index is 13.5. The number of benzene rings is 1. The second-order valence-corrected chi connectivity index (χ2v) is 4.02. The predicted molar refractivity (Wildman–Crippen MR) is 67.5 cm³/mol. The van der Waals surface area contributed by atoms with Crippen molar-refractivity contribution in [3.8, 4) is 0 Å². The van der Waals surface area contributed by atoms with Crippen molar-refractivity contribution in [1.29, 1.82) is 0 Å². The first-order chi connectivity index (χ1) is 9.08. The summed E-state index contributed by atoms with van der Waals surface area (Å²) in [5, 5.41) is 8.84. The zero-order valence-corrected chi connectivity index (χ0v) is 10.2. The number of nitrogens with zero attached hydrogens (tertiary/aromatic N) is 3. The molecular formula is C13H12FN3O2. The summed E-state index contributed by atoms with van der Waals surface area (Å²) in [5.41, 5.74) is 0.366. The van der Waals surface area contributed by atoms with Gasteiger partial charge in [0.25, 0.3) is 0 Å². The fourth-order valence-electron chi connectivity index (χ4n) is 1.61. The summed E-state index contributed by atoms with van der Waals surface area (Å²) < 4.78 is 13.5. The molecule has 2 aromatic rings. The number of rotatable bonds is 4. The highest BCUT2D eigenvalue weighted by Gasteiger charge is 2.11. The molecule has 0 spiro atoms. The number of halogens is 1. The van der Waals surface area contributed by atoms with Crippen molar-refractivity contribution in [3.05, 3.63) is 53.7 Å². The molecule has 6 heteroatoms. The van der Waals surface area contributed by atoms with Crippen LogP contribution in [0.4, 0.5) is 10.2 Å². The van der Waals surface area contributed by atoms with Crippen molar-refractivity contribution in [1.82, 2.24) is 9.97 Å². The second kappa shape index (κ2) is 5.43. The minimum absolute atomic E-state index is 0.141. The molecular weight excluding hydrogens is 249 g/mol. The Hall–Kier alpha value is -2.50. The van der Waals surface area contributed by atoms with Crippen LogP contribution in [0.5, 0.6) is 0 Å². The Kier molecular flexibility index (Phi) is 3.70. The molecule has 1 aromatic heterocycles. The van der Waals surface area contributed by atoms with Crippen LogP contribution < -0.4 is 4.90 Å². The zero-order chi connectivity index (χ0) is 13.8. The Bertz CT molecular complexity index is 604. The fourth-order valence-corrected chi connectivity index (χ4v) is 1.61. The minimum atomic E-state index is -1.14. The van der Waals surface area contributed by atoms with Crippen LogP contribution in [-0.2, 0) is 6.54 Å². The summed E-state index contributed by atoms with van der Waals surface area (Å²) in [5.74, 6) is -1.08. The third kappa shape index (κ3) is 3.04. The molecule has 2 rings (SSSR count).